The number of nitrogens with one attached hydrogen (secondary N) is 1. The van der Waals surface area contributed by atoms with Gasteiger partial charge in [-0.2, -0.15) is 13.2 Å². The van der Waals surface area contributed by atoms with Gasteiger partial charge in [0.05, 0.1) is 18.8 Å². The predicted molar refractivity (Wildman–Crippen MR) is 176 cm³/mol. The Morgan fingerprint density at radius 2 is 1.39 bits per heavy atom. The van der Waals surface area contributed by atoms with E-state index in [1.165, 1.54) is 12.3 Å². The number of halogens is 4. The zero-order chi connectivity index (χ0) is 36.0. The Labute approximate surface area is 282 Å². The van der Waals surface area contributed by atoms with Gasteiger partial charge in [0.2, 0.25) is 0 Å². The number of carboxylic acids is 1. The molecule has 1 unspecified atom stereocenters. The van der Waals surface area contributed by atoms with Crippen LogP contribution in [0.3, 0.4) is 0 Å². The van der Waals surface area contributed by atoms with E-state index in [2.05, 4.69) is 45.9 Å². The molecule has 8 nitrogen and oxygen atoms in total. The van der Waals surface area contributed by atoms with Gasteiger partial charge < -0.3 is 20.1 Å². The molecule has 49 heavy (non-hydrogen) atoms. The lowest BCUT2D eigenvalue weighted by Crippen LogP contribution is -2.56. The van der Waals surface area contributed by atoms with Gasteiger partial charge >= 0.3 is 12.1 Å². The number of carboxylic acid groups (broad SMARTS) is 1. The Bertz CT molecular complexity index is 1820. The predicted octanol–water partition coefficient (Wildman–Crippen LogP) is 5.82. The Morgan fingerprint density at radius 3 is 1.78 bits per heavy atom. The van der Waals surface area contributed by atoms with Gasteiger partial charge in [0.1, 0.15) is 11.7 Å². The summed E-state index contributed by atoms with van der Waals surface area (Å²) >= 11 is 0. The van der Waals surface area contributed by atoms with E-state index >= 15 is 0 Å². The third kappa shape index (κ3) is 11.9. The topological polar surface area (TPSA) is 105 Å². The van der Waals surface area contributed by atoms with Crippen molar-refractivity contribution in [2.24, 2.45) is 0 Å². The van der Waals surface area contributed by atoms with E-state index < -0.39 is 35.6 Å². The van der Waals surface area contributed by atoms with Crippen molar-refractivity contribution in [3.8, 4) is 23.7 Å². The molecule has 3 heterocycles. The van der Waals surface area contributed by atoms with Gasteiger partial charge in [-0.3, -0.25) is 4.79 Å². The van der Waals surface area contributed by atoms with Crippen LogP contribution in [0.2, 0.25) is 0 Å². The first kappa shape index (κ1) is 37.9. The average Bonchev–Trinajstić information content (AvgIpc) is 3.09. The Balaban J connectivity index is 0.000000231. The molecule has 1 aliphatic heterocycles. The van der Waals surface area contributed by atoms with Crippen molar-refractivity contribution in [1.82, 2.24) is 20.2 Å². The van der Waals surface area contributed by atoms with Crippen LogP contribution in [0.4, 0.5) is 17.6 Å². The molecule has 2 N–H and O–H groups in total. The second-order valence-corrected chi connectivity index (χ2v) is 11.0. The van der Waals surface area contributed by atoms with Crippen molar-refractivity contribution in [2.75, 3.05) is 27.3 Å². The van der Waals surface area contributed by atoms with Crippen LogP contribution >= 0.6 is 0 Å². The van der Waals surface area contributed by atoms with E-state index in [1.54, 1.807) is 30.3 Å². The molecular weight excluding hydrogens is 640 g/mol. The maximum atomic E-state index is 14.1. The minimum Gasteiger partial charge on any atom is -0.477 e. The minimum atomic E-state index is -4.61. The van der Waals surface area contributed by atoms with Gasteiger partial charge in [0, 0.05) is 41.7 Å². The first-order valence-corrected chi connectivity index (χ1v) is 14.8. The zero-order valence-corrected chi connectivity index (χ0v) is 27.2. The van der Waals surface area contributed by atoms with Crippen LogP contribution in [0.25, 0.3) is 0 Å². The summed E-state index contributed by atoms with van der Waals surface area (Å²) in [4.78, 5) is 30.5. The van der Waals surface area contributed by atoms with Gasteiger partial charge in [-0.15, -0.1) is 0 Å². The number of benzene rings is 2. The Kier molecular flexibility index (Phi) is 13.6. The molecule has 1 aliphatic rings. The first-order valence-electron chi connectivity index (χ1n) is 14.8. The van der Waals surface area contributed by atoms with Crippen LogP contribution < -0.4 is 5.32 Å². The van der Waals surface area contributed by atoms with Crippen molar-refractivity contribution in [3.05, 3.63) is 131 Å². The van der Waals surface area contributed by atoms with Crippen LogP contribution in [0, 0.1) is 29.5 Å². The lowest BCUT2D eigenvalue weighted by Gasteiger charge is -2.37. The monoisotopic (exact) mass is 674 g/mol. The Hall–Kier alpha value is -5.56. The summed E-state index contributed by atoms with van der Waals surface area (Å²) in [5.74, 6) is 8.17. The lowest BCUT2D eigenvalue weighted by atomic mass is 10.0. The largest absolute Gasteiger partial charge is 0.477 e. The van der Waals surface area contributed by atoms with E-state index in [0.29, 0.717) is 21.6 Å². The number of nitrogens with zero attached hydrogens (tertiary/aromatic N) is 3. The smallest absolute Gasteiger partial charge is 0.408 e. The highest BCUT2D eigenvalue weighted by Crippen LogP contribution is 2.25. The van der Waals surface area contributed by atoms with Crippen LogP contribution in [0.5, 0.6) is 0 Å². The number of aromatic nitrogens is 2. The number of aromatic carboxylic acids is 1. The maximum Gasteiger partial charge on any atom is 0.408 e. The van der Waals surface area contributed by atoms with Gasteiger partial charge in [0.15, 0.2) is 11.5 Å². The third-order valence-corrected chi connectivity index (χ3v) is 7.10. The second-order valence-electron chi connectivity index (χ2n) is 11.0. The number of amides is 1. The number of carbonyl (C=O) groups excluding carboxylic acids is 1. The summed E-state index contributed by atoms with van der Waals surface area (Å²) in [5.41, 5.74) is 2.17. The van der Waals surface area contributed by atoms with Gasteiger partial charge in [0.25, 0.3) is 5.91 Å². The molecule has 0 aliphatic carbocycles. The lowest BCUT2D eigenvalue weighted by molar-refractivity contribution is -0.169. The fraction of sp³-hybridized carbons (Fsp3) is 0.243. The fourth-order valence-electron chi connectivity index (χ4n) is 3.70. The van der Waals surface area contributed by atoms with Crippen molar-refractivity contribution >= 4 is 11.9 Å². The van der Waals surface area contributed by atoms with Crippen LogP contribution in [-0.4, -0.2) is 76.9 Å². The quantitative estimate of drug-likeness (QED) is 0.208. The molecule has 0 saturated carbocycles. The van der Waals surface area contributed by atoms with Gasteiger partial charge in [-0.05, 0) is 63.4 Å². The molecule has 1 atom stereocenters. The number of hydrogen-bond donors (Lipinski definition) is 2. The van der Waals surface area contributed by atoms with Crippen LogP contribution in [0.1, 0.15) is 57.1 Å². The average molecular weight is 675 g/mol. The molecule has 1 saturated heterocycles. The molecule has 12 heteroatoms. The number of rotatable bonds is 4. The highest BCUT2D eigenvalue weighted by Gasteiger charge is 2.41. The van der Waals surface area contributed by atoms with E-state index in [4.69, 9.17) is 9.84 Å². The van der Waals surface area contributed by atoms with Crippen molar-refractivity contribution in [3.63, 3.8) is 0 Å². The van der Waals surface area contributed by atoms with Crippen molar-refractivity contribution < 1.29 is 37.0 Å². The molecule has 5 rings (SSSR count). The summed E-state index contributed by atoms with van der Waals surface area (Å²) < 4.78 is 57.1. The molecule has 1 amide bonds. The number of likely N-dealkylation sites (N-methyl/N-ethyl adjacent to an activating group) is 1. The first-order chi connectivity index (χ1) is 23.2. The van der Waals surface area contributed by atoms with Gasteiger partial charge in [-0.25, -0.2) is 19.2 Å². The molecule has 0 spiro atoms. The van der Waals surface area contributed by atoms with E-state index in [9.17, 15) is 27.2 Å². The Morgan fingerprint density at radius 1 is 0.878 bits per heavy atom. The fourth-order valence-corrected chi connectivity index (χ4v) is 3.70. The second kappa shape index (κ2) is 17.6. The number of pyridine rings is 2. The standard InChI is InChI=1S/C18H14F4N2O.C14H9NO2.C5H11NO/c1-12(18(20,21)22)24(2)17(25)16-15(19)10-14(11-23-16)9-8-13-6-4-3-5-7-13;16-14(17)13-9-8-12(10-15-13)7-6-11-4-2-1-3-5-11;1-5(6-2)3-7-4-5/h3-7,10-12H,1-2H3;1-5,8-10H,(H,16,17);6H,3-4H2,1-2H3. The highest BCUT2D eigenvalue weighted by atomic mass is 19.4. The van der Waals surface area contributed by atoms with E-state index in [0.717, 1.165) is 45.0 Å². The molecule has 254 valence electrons. The number of alkyl halides is 3. The molecule has 4 aromatic rings. The molecule has 2 aromatic heterocycles. The van der Waals surface area contributed by atoms with E-state index in [1.807, 2.05) is 43.4 Å². The van der Waals surface area contributed by atoms with Crippen molar-refractivity contribution in [1.29, 1.82) is 0 Å². The summed E-state index contributed by atoms with van der Waals surface area (Å²) in [7, 11) is 2.91. The van der Waals surface area contributed by atoms with Gasteiger partial charge in [-0.1, -0.05) is 60.1 Å². The molecule has 0 radical (unpaired) electrons. The third-order valence-electron chi connectivity index (χ3n) is 7.10. The molecule has 0 bridgehead atoms. The van der Waals surface area contributed by atoms with E-state index in [-0.39, 0.29) is 11.3 Å². The zero-order valence-electron chi connectivity index (χ0n) is 27.2. The summed E-state index contributed by atoms with van der Waals surface area (Å²) in [6.45, 7) is 4.69. The molecule has 2 aromatic carbocycles. The number of carbonyl (C=O) groups is 2. The summed E-state index contributed by atoms with van der Waals surface area (Å²) in [5, 5.41) is 11.8. The maximum absolute atomic E-state index is 14.1. The number of hydrogen-bond acceptors (Lipinski definition) is 6. The van der Waals surface area contributed by atoms with Crippen LogP contribution in [-0.2, 0) is 4.74 Å². The summed E-state index contributed by atoms with van der Waals surface area (Å²) in [6, 6.07) is 20.5. The SMILES string of the molecule is CC(N(C)C(=O)c1ncc(C#Cc2ccccc2)cc1F)C(F)(F)F.CNC1(C)COC1.O=C(O)c1ccc(C#Cc2ccccc2)cn1. The summed E-state index contributed by atoms with van der Waals surface area (Å²) in [6.07, 6.45) is -2.00. The normalized spacial score (nSPS) is 13.1. The highest BCUT2D eigenvalue weighted by molar-refractivity contribution is 5.92. The molecular formula is C37H34F4N4O4. The molecule has 1 fully saturated rings. The van der Waals surface area contributed by atoms with Crippen LogP contribution in [0.15, 0.2) is 91.3 Å². The minimum absolute atomic E-state index is 0.0234. The van der Waals surface area contributed by atoms with Crippen molar-refractivity contribution in [2.45, 2.75) is 31.6 Å². The number of ether oxygens (including phenoxy) is 1.